The molecule has 0 spiro atoms. The van der Waals surface area contributed by atoms with Crippen molar-refractivity contribution in [3.8, 4) is 0 Å². The van der Waals surface area contributed by atoms with Gasteiger partial charge in [0.2, 0.25) is 0 Å². The summed E-state index contributed by atoms with van der Waals surface area (Å²) in [6.45, 7) is 11.5. The van der Waals surface area contributed by atoms with Gasteiger partial charge >= 0.3 is 0 Å². The Hall–Kier alpha value is -0.0800. The SMILES string of the molecule is CC(C)CC(CC(C)C)N1CCCCC1CN. The Bertz CT molecular complexity index is 191. The Balaban J connectivity index is 2.64. The molecule has 2 nitrogen and oxygen atoms in total. The first-order valence-electron chi connectivity index (χ1n) is 7.50. The van der Waals surface area contributed by atoms with E-state index in [-0.39, 0.29) is 0 Å². The number of piperidine rings is 1. The average molecular weight is 240 g/mol. The van der Waals surface area contributed by atoms with Crippen LogP contribution >= 0.6 is 0 Å². The van der Waals surface area contributed by atoms with Gasteiger partial charge in [0.1, 0.15) is 0 Å². The molecular weight excluding hydrogens is 208 g/mol. The molecule has 0 aromatic carbocycles. The molecule has 0 aliphatic carbocycles. The van der Waals surface area contributed by atoms with E-state index >= 15 is 0 Å². The summed E-state index contributed by atoms with van der Waals surface area (Å²) in [6.07, 6.45) is 6.70. The fraction of sp³-hybridized carbons (Fsp3) is 1.00. The maximum absolute atomic E-state index is 5.95. The van der Waals surface area contributed by atoms with E-state index in [1.165, 1.54) is 38.6 Å². The van der Waals surface area contributed by atoms with Crippen LogP contribution in [0.4, 0.5) is 0 Å². The highest BCUT2D eigenvalue weighted by Crippen LogP contribution is 2.26. The van der Waals surface area contributed by atoms with Crippen LogP contribution in [0.5, 0.6) is 0 Å². The molecule has 1 saturated heterocycles. The van der Waals surface area contributed by atoms with Crippen LogP contribution in [0.25, 0.3) is 0 Å². The third-order valence-electron chi connectivity index (χ3n) is 3.90. The molecule has 17 heavy (non-hydrogen) atoms. The normalized spacial score (nSPS) is 22.9. The number of likely N-dealkylation sites (tertiary alicyclic amines) is 1. The maximum atomic E-state index is 5.95. The summed E-state index contributed by atoms with van der Waals surface area (Å²) < 4.78 is 0. The van der Waals surface area contributed by atoms with E-state index in [1.54, 1.807) is 0 Å². The Morgan fingerprint density at radius 2 is 1.65 bits per heavy atom. The van der Waals surface area contributed by atoms with Crippen LogP contribution in [-0.2, 0) is 0 Å². The average Bonchev–Trinajstić information content (AvgIpc) is 2.27. The fourth-order valence-corrected chi connectivity index (χ4v) is 3.21. The second-order valence-corrected chi connectivity index (χ2v) is 6.54. The molecule has 0 amide bonds. The van der Waals surface area contributed by atoms with Gasteiger partial charge in [-0.25, -0.2) is 0 Å². The summed E-state index contributed by atoms with van der Waals surface area (Å²) in [5.41, 5.74) is 5.95. The molecule has 1 heterocycles. The van der Waals surface area contributed by atoms with Crippen molar-refractivity contribution in [2.75, 3.05) is 13.1 Å². The predicted octanol–water partition coefficient (Wildman–Crippen LogP) is 3.26. The number of hydrogen-bond acceptors (Lipinski definition) is 2. The predicted molar refractivity (Wildman–Crippen MR) is 76.1 cm³/mol. The molecule has 0 aromatic rings. The molecule has 0 saturated carbocycles. The second-order valence-electron chi connectivity index (χ2n) is 6.54. The molecule has 1 aliphatic rings. The van der Waals surface area contributed by atoms with Crippen LogP contribution in [0.3, 0.4) is 0 Å². The Labute approximate surface area is 108 Å². The molecule has 1 aliphatic heterocycles. The van der Waals surface area contributed by atoms with Crippen LogP contribution in [-0.4, -0.2) is 30.1 Å². The number of hydrogen-bond donors (Lipinski definition) is 1. The number of nitrogens with zero attached hydrogens (tertiary/aromatic N) is 1. The standard InChI is InChI=1S/C15H32N2/c1-12(2)9-15(10-13(3)4)17-8-6-5-7-14(17)11-16/h12-15H,5-11,16H2,1-4H3. The molecule has 102 valence electrons. The first kappa shape index (κ1) is 15.0. The quantitative estimate of drug-likeness (QED) is 0.772. The highest BCUT2D eigenvalue weighted by molar-refractivity contribution is 4.84. The smallest absolute Gasteiger partial charge is 0.0221 e. The van der Waals surface area contributed by atoms with E-state index in [2.05, 4.69) is 32.6 Å². The van der Waals surface area contributed by atoms with Gasteiger partial charge in [-0.15, -0.1) is 0 Å². The highest BCUT2D eigenvalue weighted by atomic mass is 15.2. The second kappa shape index (κ2) is 7.38. The van der Waals surface area contributed by atoms with Crippen molar-refractivity contribution in [1.82, 2.24) is 4.90 Å². The van der Waals surface area contributed by atoms with E-state index in [0.717, 1.165) is 24.4 Å². The molecule has 0 radical (unpaired) electrons. The summed E-state index contributed by atoms with van der Waals surface area (Å²) in [6, 6.07) is 1.40. The van der Waals surface area contributed by atoms with Crippen LogP contribution in [0.15, 0.2) is 0 Å². The largest absolute Gasteiger partial charge is 0.329 e. The van der Waals surface area contributed by atoms with Crippen molar-refractivity contribution in [1.29, 1.82) is 0 Å². The molecule has 1 atom stereocenters. The van der Waals surface area contributed by atoms with Gasteiger partial charge in [0.25, 0.3) is 0 Å². The van der Waals surface area contributed by atoms with Crippen molar-refractivity contribution < 1.29 is 0 Å². The van der Waals surface area contributed by atoms with Crippen LogP contribution in [0.2, 0.25) is 0 Å². The zero-order valence-corrected chi connectivity index (χ0v) is 12.3. The van der Waals surface area contributed by atoms with Gasteiger partial charge in [-0.2, -0.15) is 0 Å². The van der Waals surface area contributed by atoms with E-state index in [4.69, 9.17) is 5.73 Å². The van der Waals surface area contributed by atoms with Gasteiger partial charge in [0, 0.05) is 18.6 Å². The monoisotopic (exact) mass is 240 g/mol. The van der Waals surface area contributed by atoms with Gasteiger partial charge in [0.05, 0.1) is 0 Å². The lowest BCUT2D eigenvalue weighted by Crippen LogP contribution is -2.50. The Morgan fingerprint density at radius 3 is 2.12 bits per heavy atom. The first-order valence-corrected chi connectivity index (χ1v) is 7.50. The van der Waals surface area contributed by atoms with Crippen molar-refractivity contribution >= 4 is 0 Å². The van der Waals surface area contributed by atoms with Crippen LogP contribution < -0.4 is 5.73 Å². The fourth-order valence-electron chi connectivity index (χ4n) is 3.21. The first-order chi connectivity index (χ1) is 8.04. The molecular formula is C15H32N2. The van der Waals surface area contributed by atoms with Crippen molar-refractivity contribution in [2.24, 2.45) is 17.6 Å². The van der Waals surface area contributed by atoms with Crippen LogP contribution in [0.1, 0.15) is 59.8 Å². The zero-order chi connectivity index (χ0) is 12.8. The van der Waals surface area contributed by atoms with Crippen molar-refractivity contribution in [3.05, 3.63) is 0 Å². The molecule has 0 bridgehead atoms. The van der Waals surface area contributed by atoms with Crippen molar-refractivity contribution in [3.63, 3.8) is 0 Å². The number of rotatable bonds is 6. The molecule has 1 rings (SSSR count). The summed E-state index contributed by atoms with van der Waals surface area (Å²) >= 11 is 0. The van der Waals surface area contributed by atoms with Gasteiger partial charge in [0.15, 0.2) is 0 Å². The molecule has 2 N–H and O–H groups in total. The van der Waals surface area contributed by atoms with Crippen LogP contribution in [0, 0.1) is 11.8 Å². The van der Waals surface area contributed by atoms with Gasteiger partial charge in [-0.3, -0.25) is 4.90 Å². The van der Waals surface area contributed by atoms with Crippen molar-refractivity contribution in [2.45, 2.75) is 71.9 Å². The maximum Gasteiger partial charge on any atom is 0.0221 e. The Morgan fingerprint density at radius 1 is 1.06 bits per heavy atom. The lowest BCUT2D eigenvalue weighted by molar-refractivity contribution is 0.0742. The minimum atomic E-state index is 0.645. The van der Waals surface area contributed by atoms with Gasteiger partial charge in [-0.05, 0) is 44.1 Å². The molecule has 0 aromatic heterocycles. The van der Waals surface area contributed by atoms with E-state index in [1.807, 2.05) is 0 Å². The topological polar surface area (TPSA) is 29.3 Å². The molecule has 2 heteroatoms. The third-order valence-corrected chi connectivity index (χ3v) is 3.90. The summed E-state index contributed by atoms with van der Waals surface area (Å²) in [4.78, 5) is 2.73. The van der Waals surface area contributed by atoms with E-state index < -0.39 is 0 Å². The van der Waals surface area contributed by atoms with Gasteiger partial charge < -0.3 is 5.73 Å². The minimum Gasteiger partial charge on any atom is -0.329 e. The number of nitrogens with two attached hydrogens (primary N) is 1. The highest BCUT2D eigenvalue weighted by Gasteiger charge is 2.28. The summed E-state index contributed by atoms with van der Waals surface area (Å²) in [5, 5.41) is 0. The summed E-state index contributed by atoms with van der Waals surface area (Å²) in [7, 11) is 0. The lowest BCUT2D eigenvalue weighted by Gasteiger charge is -2.42. The molecule has 1 unspecified atom stereocenters. The molecule has 1 fully saturated rings. The lowest BCUT2D eigenvalue weighted by atomic mass is 9.90. The minimum absolute atomic E-state index is 0.645. The van der Waals surface area contributed by atoms with E-state index in [9.17, 15) is 0 Å². The van der Waals surface area contributed by atoms with E-state index in [0.29, 0.717) is 6.04 Å². The summed E-state index contributed by atoms with van der Waals surface area (Å²) in [5.74, 6) is 1.58. The third kappa shape index (κ3) is 4.97. The zero-order valence-electron chi connectivity index (χ0n) is 12.3. The Kier molecular flexibility index (Phi) is 6.50. The van der Waals surface area contributed by atoms with Gasteiger partial charge in [-0.1, -0.05) is 34.1 Å².